The molecule has 3 aromatic rings. The third-order valence-electron chi connectivity index (χ3n) is 4.03. The fourth-order valence-electron chi connectivity index (χ4n) is 2.63. The van der Waals surface area contributed by atoms with Crippen LogP contribution in [-0.4, -0.2) is 39.9 Å². The number of hydrogen-bond donors (Lipinski definition) is 0. The number of rotatable bonds is 6. The van der Waals surface area contributed by atoms with E-state index in [2.05, 4.69) is 10.1 Å². The summed E-state index contributed by atoms with van der Waals surface area (Å²) in [7, 11) is 1.32. The number of hydrogen-bond acceptors (Lipinski definition) is 6. The molecule has 0 unspecified atom stereocenters. The number of carbonyl (C=O) groups excluding carboxylic acids is 2. The Morgan fingerprint density at radius 1 is 1.29 bits per heavy atom. The molecule has 8 nitrogen and oxygen atoms in total. The lowest BCUT2D eigenvalue weighted by Crippen LogP contribution is -2.22. The normalized spacial score (nSPS) is 12.0. The number of carbonyl (C=O) groups is 2. The molecule has 148 valence electrons. The van der Waals surface area contributed by atoms with Gasteiger partial charge in [-0.25, -0.2) is 0 Å². The van der Waals surface area contributed by atoms with Gasteiger partial charge in [-0.15, -0.1) is 0 Å². The van der Waals surface area contributed by atoms with Gasteiger partial charge in [-0.2, -0.15) is 10.1 Å². The van der Waals surface area contributed by atoms with Crippen LogP contribution in [0.1, 0.15) is 37.3 Å². The van der Waals surface area contributed by atoms with E-state index in [1.165, 1.54) is 18.4 Å². The quantitative estimate of drug-likeness (QED) is 0.592. The van der Waals surface area contributed by atoms with Gasteiger partial charge in [-0.05, 0) is 45.0 Å². The van der Waals surface area contributed by atoms with Gasteiger partial charge in [0.1, 0.15) is 12.3 Å². The summed E-state index contributed by atoms with van der Waals surface area (Å²) in [5.41, 5.74) is 1.03. The number of methoxy groups -OCH3 is 1. The molecular formula is C19H22N4O4S. The predicted molar refractivity (Wildman–Crippen MR) is 106 cm³/mol. The van der Waals surface area contributed by atoms with Crippen molar-refractivity contribution in [2.24, 2.45) is 4.99 Å². The molecule has 2 heterocycles. The average molecular weight is 402 g/mol. The first-order valence-corrected chi connectivity index (χ1v) is 9.71. The molecule has 0 N–H and O–H groups in total. The van der Waals surface area contributed by atoms with Gasteiger partial charge >= 0.3 is 5.97 Å². The van der Waals surface area contributed by atoms with Gasteiger partial charge in [0, 0.05) is 12.2 Å². The Balaban J connectivity index is 2.08. The van der Waals surface area contributed by atoms with Crippen LogP contribution in [0.4, 0.5) is 0 Å². The molecule has 3 rings (SSSR count). The van der Waals surface area contributed by atoms with Crippen molar-refractivity contribution in [2.75, 3.05) is 13.7 Å². The largest absolute Gasteiger partial charge is 0.494 e. The molecule has 0 atom stereocenters. The number of benzene rings is 1. The number of fused-ring (bicyclic) bond motifs is 1. The highest BCUT2D eigenvalue weighted by Gasteiger charge is 2.15. The number of aromatic nitrogens is 3. The van der Waals surface area contributed by atoms with Crippen molar-refractivity contribution in [2.45, 2.75) is 33.4 Å². The number of esters is 1. The highest BCUT2D eigenvalue weighted by Crippen LogP contribution is 2.23. The monoisotopic (exact) mass is 402 g/mol. The zero-order valence-corrected chi connectivity index (χ0v) is 17.0. The van der Waals surface area contributed by atoms with Crippen LogP contribution in [0.5, 0.6) is 5.75 Å². The average Bonchev–Trinajstić information content (AvgIpc) is 3.28. The second kappa shape index (κ2) is 8.39. The molecule has 0 fully saturated rings. The summed E-state index contributed by atoms with van der Waals surface area (Å²) in [6, 6.07) is 7.32. The minimum atomic E-state index is -0.463. The molecule has 1 amide bonds. The van der Waals surface area contributed by atoms with Crippen molar-refractivity contribution in [1.82, 2.24) is 14.3 Å². The SMILES string of the molecule is CCOc1ccc2c(c1)sc(=NC(=O)c1ccn(C(C)C)n1)n2CC(=O)OC. The van der Waals surface area contributed by atoms with Gasteiger partial charge in [0.05, 0.1) is 23.9 Å². The molecule has 0 aliphatic carbocycles. The number of thiazole rings is 1. The molecule has 0 radical (unpaired) electrons. The van der Waals surface area contributed by atoms with Crippen molar-refractivity contribution in [3.63, 3.8) is 0 Å². The minimum absolute atomic E-state index is 0.0446. The Morgan fingerprint density at radius 3 is 2.71 bits per heavy atom. The summed E-state index contributed by atoms with van der Waals surface area (Å²) in [5.74, 6) is -0.170. The molecular weight excluding hydrogens is 380 g/mol. The number of ether oxygens (including phenoxy) is 2. The second-order valence-corrected chi connectivity index (χ2v) is 7.31. The molecule has 2 aromatic heterocycles. The van der Waals surface area contributed by atoms with Crippen LogP contribution in [0.3, 0.4) is 0 Å². The second-order valence-electron chi connectivity index (χ2n) is 6.30. The fraction of sp³-hybridized carbons (Fsp3) is 0.368. The van der Waals surface area contributed by atoms with Gasteiger partial charge in [0.15, 0.2) is 10.5 Å². The van der Waals surface area contributed by atoms with Gasteiger partial charge in [0.2, 0.25) is 0 Å². The van der Waals surface area contributed by atoms with Crippen LogP contribution in [0, 0.1) is 0 Å². The highest BCUT2D eigenvalue weighted by molar-refractivity contribution is 7.16. The van der Waals surface area contributed by atoms with Crippen LogP contribution in [0.2, 0.25) is 0 Å². The first kappa shape index (κ1) is 19.8. The minimum Gasteiger partial charge on any atom is -0.494 e. The molecule has 0 saturated heterocycles. The van der Waals surface area contributed by atoms with E-state index in [0.29, 0.717) is 11.4 Å². The molecule has 0 saturated carbocycles. The highest BCUT2D eigenvalue weighted by atomic mass is 32.1. The van der Waals surface area contributed by atoms with Crippen molar-refractivity contribution in [3.05, 3.63) is 41.0 Å². The maximum Gasteiger partial charge on any atom is 0.325 e. The Morgan fingerprint density at radius 2 is 2.07 bits per heavy atom. The van der Waals surface area contributed by atoms with Crippen LogP contribution in [-0.2, 0) is 16.1 Å². The zero-order valence-electron chi connectivity index (χ0n) is 16.2. The van der Waals surface area contributed by atoms with Crippen molar-refractivity contribution < 1.29 is 19.1 Å². The van der Waals surface area contributed by atoms with Crippen LogP contribution >= 0.6 is 11.3 Å². The summed E-state index contributed by atoms with van der Waals surface area (Å²) in [6.45, 7) is 6.37. The van der Waals surface area contributed by atoms with Crippen molar-refractivity contribution in [3.8, 4) is 5.75 Å². The standard InChI is InChI=1S/C19H22N4O4S/c1-5-27-13-6-7-15-16(10-13)28-19(22(15)11-17(24)26-4)20-18(25)14-8-9-23(21-14)12(2)3/h6-10,12H,5,11H2,1-4H3. The molecule has 0 aliphatic rings. The van der Waals surface area contributed by atoms with Crippen LogP contribution < -0.4 is 9.54 Å². The molecule has 0 bridgehead atoms. The van der Waals surface area contributed by atoms with Crippen LogP contribution in [0.25, 0.3) is 10.2 Å². The Bertz CT molecular complexity index is 1080. The Labute approximate surface area is 166 Å². The topological polar surface area (TPSA) is 87.7 Å². The summed E-state index contributed by atoms with van der Waals surface area (Å²) >= 11 is 1.31. The number of amides is 1. The first-order chi connectivity index (χ1) is 13.4. The molecule has 9 heteroatoms. The fourth-order valence-corrected chi connectivity index (χ4v) is 3.68. The van der Waals surface area contributed by atoms with E-state index < -0.39 is 11.9 Å². The third-order valence-corrected chi connectivity index (χ3v) is 5.07. The van der Waals surface area contributed by atoms with Crippen molar-refractivity contribution in [1.29, 1.82) is 0 Å². The Kier molecular flexibility index (Phi) is 5.93. The summed E-state index contributed by atoms with van der Waals surface area (Å²) in [4.78, 5) is 29.1. The van der Waals surface area contributed by atoms with Crippen LogP contribution in [0.15, 0.2) is 35.5 Å². The first-order valence-electron chi connectivity index (χ1n) is 8.90. The summed E-state index contributed by atoms with van der Waals surface area (Å²) in [5, 5.41) is 4.26. The molecule has 28 heavy (non-hydrogen) atoms. The molecule has 1 aromatic carbocycles. The lowest BCUT2D eigenvalue weighted by Gasteiger charge is -2.05. The lowest BCUT2D eigenvalue weighted by atomic mass is 10.3. The van der Waals surface area contributed by atoms with E-state index in [9.17, 15) is 9.59 Å². The van der Waals surface area contributed by atoms with E-state index >= 15 is 0 Å². The van der Waals surface area contributed by atoms with Gasteiger partial charge < -0.3 is 14.0 Å². The van der Waals surface area contributed by atoms with E-state index in [1.807, 2.05) is 39.0 Å². The molecule has 0 aliphatic heterocycles. The van der Waals surface area contributed by atoms with E-state index in [0.717, 1.165) is 16.0 Å². The summed E-state index contributed by atoms with van der Waals surface area (Å²) < 4.78 is 14.5. The summed E-state index contributed by atoms with van der Waals surface area (Å²) in [6.07, 6.45) is 1.75. The van der Waals surface area contributed by atoms with E-state index in [-0.39, 0.29) is 18.3 Å². The third kappa shape index (κ3) is 4.14. The number of nitrogens with zero attached hydrogens (tertiary/aromatic N) is 4. The molecule has 0 spiro atoms. The lowest BCUT2D eigenvalue weighted by molar-refractivity contribution is -0.141. The van der Waals surface area contributed by atoms with Gasteiger partial charge in [-0.3, -0.25) is 14.3 Å². The van der Waals surface area contributed by atoms with E-state index in [1.54, 1.807) is 21.5 Å². The smallest absolute Gasteiger partial charge is 0.325 e. The van der Waals surface area contributed by atoms with Gasteiger partial charge in [-0.1, -0.05) is 11.3 Å². The Hall–Kier alpha value is -2.94. The van der Waals surface area contributed by atoms with Crippen molar-refractivity contribution >= 4 is 33.4 Å². The van der Waals surface area contributed by atoms with Gasteiger partial charge in [0.25, 0.3) is 5.91 Å². The van der Waals surface area contributed by atoms with E-state index in [4.69, 9.17) is 9.47 Å². The predicted octanol–water partition coefficient (Wildman–Crippen LogP) is 2.79. The maximum absolute atomic E-state index is 12.6. The zero-order chi connectivity index (χ0) is 20.3. The maximum atomic E-state index is 12.6.